The lowest BCUT2D eigenvalue weighted by molar-refractivity contribution is 0.112. The van der Waals surface area contributed by atoms with Crippen LogP contribution in [-0.4, -0.2) is 18.3 Å². The maximum Gasteiger partial charge on any atom is 0.186 e. The molecular weight excluding hydrogens is 268 g/mol. The molecule has 0 aliphatic heterocycles. The van der Waals surface area contributed by atoms with Gasteiger partial charge in [-0.05, 0) is 25.3 Å². The van der Waals surface area contributed by atoms with E-state index in [1.54, 1.807) is 0 Å². The molecule has 0 bridgehead atoms. The maximum atomic E-state index is 11.1. The fourth-order valence-corrected chi connectivity index (χ4v) is 3.19. The summed E-state index contributed by atoms with van der Waals surface area (Å²) < 4.78 is 0. The van der Waals surface area contributed by atoms with Crippen molar-refractivity contribution in [2.24, 2.45) is 0 Å². The van der Waals surface area contributed by atoms with Gasteiger partial charge < -0.3 is 4.90 Å². The molecule has 20 heavy (non-hydrogen) atoms. The van der Waals surface area contributed by atoms with Gasteiger partial charge in [0.1, 0.15) is 0 Å². The molecule has 4 heteroatoms. The van der Waals surface area contributed by atoms with E-state index in [1.807, 2.05) is 7.05 Å². The summed E-state index contributed by atoms with van der Waals surface area (Å²) in [5.41, 5.74) is 3.54. The lowest BCUT2D eigenvalue weighted by atomic mass is 10.1. The Kier molecular flexibility index (Phi) is 3.57. The Bertz CT molecular complexity index is 614. The number of nitrogens with zero attached hydrogens (tertiary/aromatic N) is 2. The minimum Gasteiger partial charge on any atom is -0.347 e. The van der Waals surface area contributed by atoms with Crippen molar-refractivity contribution < 1.29 is 4.79 Å². The van der Waals surface area contributed by atoms with Gasteiger partial charge in [0.25, 0.3) is 0 Å². The number of benzene rings is 1. The maximum absolute atomic E-state index is 11.1. The average Bonchev–Trinajstić information content (AvgIpc) is 3.20. The number of rotatable bonds is 5. The molecule has 0 spiro atoms. The molecule has 1 aromatic heterocycles. The second kappa shape index (κ2) is 5.37. The lowest BCUT2D eigenvalue weighted by Gasteiger charge is -2.15. The zero-order valence-corrected chi connectivity index (χ0v) is 12.6. The van der Waals surface area contributed by atoms with E-state index in [0.717, 1.165) is 28.5 Å². The quantitative estimate of drug-likeness (QED) is 0.784. The molecule has 1 aromatic carbocycles. The number of carbonyl (C=O) groups excluding carboxylic acids is 1. The molecule has 104 valence electrons. The van der Waals surface area contributed by atoms with Crippen LogP contribution >= 0.6 is 11.3 Å². The van der Waals surface area contributed by atoms with Crippen LogP contribution in [0.5, 0.6) is 0 Å². The second-order valence-corrected chi connectivity index (χ2v) is 6.49. The molecule has 1 fully saturated rings. The third-order valence-electron chi connectivity index (χ3n) is 3.61. The highest BCUT2D eigenvalue weighted by atomic mass is 32.1. The van der Waals surface area contributed by atoms with E-state index in [4.69, 9.17) is 0 Å². The number of aldehydes is 1. The first-order valence-electron chi connectivity index (χ1n) is 6.90. The molecule has 1 aliphatic carbocycles. The van der Waals surface area contributed by atoms with Gasteiger partial charge in [0.15, 0.2) is 11.4 Å². The summed E-state index contributed by atoms with van der Waals surface area (Å²) in [6, 6.07) is 8.53. The average molecular weight is 286 g/mol. The summed E-state index contributed by atoms with van der Waals surface area (Å²) in [6.07, 6.45) is 3.30. The fourth-order valence-electron chi connectivity index (χ4n) is 2.26. The van der Waals surface area contributed by atoms with Crippen molar-refractivity contribution in [1.82, 2.24) is 4.98 Å². The van der Waals surface area contributed by atoms with Gasteiger partial charge in [0.2, 0.25) is 0 Å². The number of thiazole rings is 1. The molecule has 1 saturated carbocycles. The molecule has 0 amide bonds. The van der Waals surface area contributed by atoms with Gasteiger partial charge in [-0.2, -0.15) is 0 Å². The summed E-state index contributed by atoms with van der Waals surface area (Å²) in [7, 11) is 2.03. The first kappa shape index (κ1) is 13.3. The number of hydrogen-bond acceptors (Lipinski definition) is 4. The fraction of sp³-hybridized carbons (Fsp3) is 0.375. The minimum absolute atomic E-state index is 0.521. The van der Waals surface area contributed by atoms with E-state index in [1.165, 1.54) is 35.3 Å². The number of hydrogen-bond donors (Lipinski definition) is 0. The Hall–Kier alpha value is -1.68. The topological polar surface area (TPSA) is 33.2 Å². The predicted octanol–water partition coefficient (Wildman–Crippen LogP) is 3.78. The third kappa shape index (κ3) is 2.75. The number of aromatic nitrogens is 1. The van der Waals surface area contributed by atoms with Crippen LogP contribution < -0.4 is 4.90 Å². The monoisotopic (exact) mass is 286 g/mol. The van der Waals surface area contributed by atoms with Gasteiger partial charge in [-0.25, -0.2) is 4.98 Å². The van der Waals surface area contributed by atoms with Crippen molar-refractivity contribution in [3.63, 3.8) is 0 Å². The molecule has 0 saturated heterocycles. The molecule has 1 aliphatic rings. The van der Waals surface area contributed by atoms with Gasteiger partial charge in [-0.15, -0.1) is 0 Å². The SMILES string of the molecule is Cc1ccc(CN(C)c2nc(C3CC3)c(C=O)s2)cc1. The summed E-state index contributed by atoms with van der Waals surface area (Å²) in [6.45, 7) is 2.91. The number of carbonyl (C=O) groups is 1. The summed E-state index contributed by atoms with van der Waals surface area (Å²) >= 11 is 1.51. The molecular formula is C16H18N2OS. The summed E-state index contributed by atoms with van der Waals surface area (Å²) in [5.74, 6) is 0.521. The van der Waals surface area contributed by atoms with Crippen LogP contribution in [0.15, 0.2) is 24.3 Å². The van der Waals surface area contributed by atoms with Crippen LogP contribution in [-0.2, 0) is 6.54 Å². The predicted molar refractivity (Wildman–Crippen MR) is 82.8 cm³/mol. The Labute approximate surface area is 123 Å². The smallest absolute Gasteiger partial charge is 0.186 e. The minimum atomic E-state index is 0.521. The van der Waals surface area contributed by atoms with Gasteiger partial charge in [-0.3, -0.25) is 4.79 Å². The molecule has 0 atom stereocenters. The lowest BCUT2D eigenvalue weighted by Crippen LogP contribution is -2.16. The van der Waals surface area contributed by atoms with Gasteiger partial charge >= 0.3 is 0 Å². The van der Waals surface area contributed by atoms with Crippen LogP contribution in [0.1, 0.15) is 45.3 Å². The van der Waals surface area contributed by atoms with E-state index in [0.29, 0.717) is 5.92 Å². The third-order valence-corrected chi connectivity index (χ3v) is 4.72. The van der Waals surface area contributed by atoms with Gasteiger partial charge in [0, 0.05) is 19.5 Å². The summed E-state index contributed by atoms with van der Waals surface area (Å²) in [4.78, 5) is 18.7. The van der Waals surface area contributed by atoms with Gasteiger partial charge in [-0.1, -0.05) is 41.2 Å². The highest BCUT2D eigenvalue weighted by Crippen LogP contribution is 2.43. The largest absolute Gasteiger partial charge is 0.347 e. The van der Waals surface area contributed by atoms with Crippen molar-refractivity contribution in [2.45, 2.75) is 32.2 Å². The van der Waals surface area contributed by atoms with Crippen LogP contribution in [0.4, 0.5) is 5.13 Å². The van der Waals surface area contributed by atoms with E-state index >= 15 is 0 Å². The molecule has 3 nitrogen and oxygen atoms in total. The zero-order valence-electron chi connectivity index (χ0n) is 11.8. The van der Waals surface area contributed by atoms with Crippen LogP contribution in [0, 0.1) is 6.92 Å². The Balaban J connectivity index is 1.77. The Morgan fingerprint density at radius 3 is 2.65 bits per heavy atom. The van der Waals surface area contributed by atoms with Crippen LogP contribution in [0.2, 0.25) is 0 Å². The van der Waals surface area contributed by atoms with Crippen molar-refractivity contribution >= 4 is 22.8 Å². The number of anilines is 1. The van der Waals surface area contributed by atoms with Crippen LogP contribution in [0.25, 0.3) is 0 Å². The zero-order chi connectivity index (χ0) is 14.1. The highest BCUT2D eigenvalue weighted by molar-refractivity contribution is 7.17. The molecule has 0 N–H and O–H groups in total. The van der Waals surface area contributed by atoms with Crippen molar-refractivity contribution in [1.29, 1.82) is 0 Å². The number of aryl methyl sites for hydroxylation is 1. The van der Waals surface area contributed by atoms with E-state index in [9.17, 15) is 4.79 Å². The molecule has 0 radical (unpaired) electrons. The standard InChI is InChI=1S/C16H18N2OS/c1-11-3-5-12(6-4-11)9-18(2)16-17-15(13-7-8-13)14(10-19)20-16/h3-6,10,13H,7-9H2,1-2H3. The Morgan fingerprint density at radius 1 is 1.35 bits per heavy atom. The molecule has 1 heterocycles. The summed E-state index contributed by atoms with van der Waals surface area (Å²) in [5, 5.41) is 0.939. The van der Waals surface area contributed by atoms with Crippen molar-refractivity contribution in [2.75, 3.05) is 11.9 Å². The first-order valence-corrected chi connectivity index (χ1v) is 7.71. The van der Waals surface area contributed by atoms with E-state index in [-0.39, 0.29) is 0 Å². The Morgan fingerprint density at radius 2 is 2.05 bits per heavy atom. The van der Waals surface area contributed by atoms with Crippen LogP contribution in [0.3, 0.4) is 0 Å². The molecule has 3 rings (SSSR count). The first-order chi connectivity index (χ1) is 9.67. The van der Waals surface area contributed by atoms with Crippen molar-refractivity contribution in [3.05, 3.63) is 46.0 Å². The second-order valence-electron chi connectivity index (χ2n) is 5.48. The molecule has 0 unspecified atom stereocenters. The molecule has 2 aromatic rings. The normalized spacial score (nSPS) is 14.3. The van der Waals surface area contributed by atoms with E-state index < -0.39 is 0 Å². The van der Waals surface area contributed by atoms with E-state index in [2.05, 4.69) is 41.1 Å². The van der Waals surface area contributed by atoms with Crippen molar-refractivity contribution in [3.8, 4) is 0 Å². The highest BCUT2D eigenvalue weighted by Gasteiger charge is 2.30. The van der Waals surface area contributed by atoms with Gasteiger partial charge in [0.05, 0.1) is 10.6 Å².